The highest BCUT2D eigenvalue weighted by Crippen LogP contribution is 2.15. The van der Waals surface area contributed by atoms with Gasteiger partial charge in [-0.25, -0.2) is 0 Å². The highest BCUT2D eigenvalue weighted by atomic mass is 16.6. The van der Waals surface area contributed by atoms with Crippen LogP contribution in [0.1, 0.15) is 27.7 Å². The van der Waals surface area contributed by atoms with Gasteiger partial charge in [0.25, 0.3) is 0 Å². The van der Waals surface area contributed by atoms with Crippen LogP contribution in [0.15, 0.2) is 47.8 Å². The molecule has 98 valence electrons. The lowest BCUT2D eigenvalue weighted by Crippen LogP contribution is -2.10. The molecule has 1 unspecified atom stereocenters. The lowest BCUT2D eigenvalue weighted by molar-refractivity contribution is 0.265. The minimum absolute atomic E-state index is 0.303. The summed E-state index contributed by atoms with van der Waals surface area (Å²) in [5.41, 5.74) is 1.29. The molecule has 4 heteroatoms. The van der Waals surface area contributed by atoms with Crippen LogP contribution in [-0.2, 0) is 9.31 Å². The molecule has 1 atom stereocenters. The zero-order valence-corrected chi connectivity index (χ0v) is 12.3. The zero-order chi connectivity index (χ0) is 13.8. The molecule has 0 spiro atoms. The molecule has 0 heterocycles. The average Bonchev–Trinajstić information content (AvgIpc) is 2.38. The van der Waals surface area contributed by atoms with Crippen molar-refractivity contribution in [3.05, 3.63) is 47.8 Å². The quantitative estimate of drug-likeness (QED) is 0.283. The maximum Gasteiger partial charge on any atom is 0.506 e. The van der Waals surface area contributed by atoms with E-state index in [0.29, 0.717) is 20.1 Å². The third kappa shape index (κ3) is 8.02. The Morgan fingerprint density at radius 2 is 2.00 bits per heavy atom. The molecule has 0 fully saturated rings. The fourth-order valence-electron chi connectivity index (χ4n) is 1.47. The first-order valence-corrected chi connectivity index (χ1v) is 6.44. The van der Waals surface area contributed by atoms with Gasteiger partial charge in [0.1, 0.15) is 7.85 Å². The summed E-state index contributed by atoms with van der Waals surface area (Å²) in [4.78, 5) is 0. The highest BCUT2D eigenvalue weighted by molar-refractivity contribution is 6.19. The molecule has 0 radical (unpaired) electrons. The van der Waals surface area contributed by atoms with Gasteiger partial charge in [-0.3, -0.25) is 0 Å². The van der Waals surface area contributed by atoms with Crippen molar-refractivity contribution in [1.82, 2.24) is 0 Å². The Morgan fingerprint density at radius 3 is 2.56 bits per heavy atom. The zero-order valence-electron chi connectivity index (χ0n) is 12.3. The molecule has 0 aliphatic rings. The first-order chi connectivity index (χ1) is 8.65. The molecule has 0 aromatic rings. The molecule has 18 heavy (non-hydrogen) atoms. The summed E-state index contributed by atoms with van der Waals surface area (Å²) in [7, 11) is 2.45. The molecular formula is C14H24B2O2. The van der Waals surface area contributed by atoms with Gasteiger partial charge < -0.3 is 9.31 Å². The van der Waals surface area contributed by atoms with E-state index in [0.717, 1.165) is 5.76 Å². The number of rotatable bonds is 8. The topological polar surface area (TPSA) is 18.5 Å². The summed E-state index contributed by atoms with van der Waals surface area (Å²) >= 11 is 0. The van der Waals surface area contributed by atoms with Gasteiger partial charge in [0.2, 0.25) is 0 Å². The van der Waals surface area contributed by atoms with Crippen molar-refractivity contribution in [3.63, 3.8) is 0 Å². The van der Waals surface area contributed by atoms with Crippen LogP contribution < -0.4 is 0 Å². The molecule has 0 aliphatic carbocycles. The Bertz CT molecular complexity index is 331. The molecule has 0 amide bonds. The predicted octanol–water partition coefficient (Wildman–Crippen LogP) is 2.71. The molecule has 0 aromatic carbocycles. The Morgan fingerprint density at radius 1 is 1.28 bits per heavy atom. The van der Waals surface area contributed by atoms with Crippen LogP contribution in [0, 0.1) is 0 Å². The van der Waals surface area contributed by atoms with Crippen LogP contribution in [-0.4, -0.2) is 22.1 Å². The second kappa shape index (κ2) is 11.0. The van der Waals surface area contributed by atoms with Gasteiger partial charge in [-0.15, -0.1) is 0 Å². The fraction of sp³-hybridized carbons (Fsp3) is 0.429. The lowest BCUT2D eigenvalue weighted by atomic mass is 9.81. The summed E-state index contributed by atoms with van der Waals surface area (Å²) in [6.45, 7) is 8.63. The van der Waals surface area contributed by atoms with Crippen LogP contribution >= 0.6 is 0 Å². The monoisotopic (exact) mass is 246 g/mol. The predicted molar refractivity (Wildman–Crippen MR) is 83.6 cm³/mol. The number of hydrogen-bond acceptors (Lipinski definition) is 2. The van der Waals surface area contributed by atoms with Gasteiger partial charge in [-0.2, -0.15) is 0 Å². The minimum atomic E-state index is 0.303. The Balaban J connectivity index is 3.91. The fourth-order valence-corrected chi connectivity index (χ4v) is 1.47. The molecule has 2 nitrogen and oxygen atoms in total. The van der Waals surface area contributed by atoms with Crippen LogP contribution in [0.5, 0.6) is 0 Å². The van der Waals surface area contributed by atoms with Gasteiger partial charge in [-0.1, -0.05) is 36.0 Å². The lowest BCUT2D eigenvalue weighted by Gasteiger charge is -2.13. The third-order valence-corrected chi connectivity index (χ3v) is 2.52. The first kappa shape index (κ1) is 16.8. The van der Waals surface area contributed by atoms with Crippen LogP contribution in [0.2, 0.25) is 5.82 Å². The van der Waals surface area contributed by atoms with E-state index in [1.54, 1.807) is 0 Å². The first-order valence-electron chi connectivity index (χ1n) is 6.44. The van der Waals surface area contributed by atoms with Crippen molar-refractivity contribution in [2.24, 2.45) is 0 Å². The third-order valence-electron chi connectivity index (χ3n) is 2.52. The summed E-state index contributed by atoms with van der Waals surface area (Å²) in [5, 5.41) is 0. The van der Waals surface area contributed by atoms with E-state index in [1.165, 1.54) is 5.57 Å². The highest BCUT2D eigenvalue weighted by Gasteiger charge is 2.06. The van der Waals surface area contributed by atoms with Gasteiger partial charge in [0.15, 0.2) is 0 Å². The van der Waals surface area contributed by atoms with Crippen molar-refractivity contribution in [3.8, 4) is 0 Å². The van der Waals surface area contributed by atoms with E-state index in [1.807, 2.05) is 52.0 Å². The van der Waals surface area contributed by atoms with Crippen LogP contribution in [0.25, 0.3) is 0 Å². The van der Waals surface area contributed by atoms with Gasteiger partial charge in [-0.05, 0) is 39.6 Å². The molecule has 0 saturated carbocycles. The van der Waals surface area contributed by atoms with Crippen molar-refractivity contribution in [2.45, 2.75) is 33.5 Å². The SMILES string of the molecule is BC(COBO/C(C)=C/C=C\C)C(/C=C\C)=C/C. The number of allylic oxidation sites excluding steroid dienone is 7. The molecular weight excluding hydrogens is 222 g/mol. The van der Waals surface area contributed by atoms with E-state index >= 15 is 0 Å². The molecule has 0 saturated heterocycles. The summed E-state index contributed by atoms with van der Waals surface area (Å²) in [6, 6.07) is 0. The normalized spacial score (nSPS) is 15.3. The van der Waals surface area contributed by atoms with Crippen LogP contribution in [0.3, 0.4) is 0 Å². The maximum absolute atomic E-state index is 5.51. The van der Waals surface area contributed by atoms with E-state index < -0.39 is 0 Å². The standard InChI is InChI=1S/C14H24B2O2/c1-5-8-10-12(4)18-16-17-11-14(15)13(7-3)9-6-2/h5-10,14,16H,11,15H2,1-4H3/b8-5-,9-6-,12-10+,13-7+. The van der Waals surface area contributed by atoms with Crippen molar-refractivity contribution in [1.29, 1.82) is 0 Å². The smallest absolute Gasteiger partial charge is 0.506 e. The van der Waals surface area contributed by atoms with E-state index in [-0.39, 0.29) is 0 Å². The largest absolute Gasteiger partial charge is 0.542 e. The van der Waals surface area contributed by atoms with Gasteiger partial charge in [0.05, 0.1) is 5.76 Å². The average molecular weight is 246 g/mol. The minimum Gasteiger partial charge on any atom is -0.542 e. The van der Waals surface area contributed by atoms with Gasteiger partial charge in [0, 0.05) is 6.61 Å². The van der Waals surface area contributed by atoms with Crippen molar-refractivity contribution in [2.75, 3.05) is 6.61 Å². The van der Waals surface area contributed by atoms with Crippen molar-refractivity contribution < 1.29 is 9.31 Å². The molecule has 0 N–H and O–H groups in total. The Labute approximate surface area is 113 Å². The molecule has 0 aromatic heterocycles. The molecule has 0 aliphatic heterocycles. The second-order valence-corrected chi connectivity index (χ2v) is 4.13. The van der Waals surface area contributed by atoms with E-state index in [9.17, 15) is 0 Å². The van der Waals surface area contributed by atoms with Gasteiger partial charge >= 0.3 is 7.69 Å². The van der Waals surface area contributed by atoms with Crippen LogP contribution in [0.4, 0.5) is 0 Å². The molecule has 0 bridgehead atoms. The number of hydrogen-bond donors (Lipinski definition) is 0. The van der Waals surface area contributed by atoms with E-state index in [2.05, 4.69) is 20.0 Å². The summed E-state index contributed by atoms with van der Waals surface area (Å²) in [5.74, 6) is 1.25. The second-order valence-electron chi connectivity index (χ2n) is 4.13. The Hall–Kier alpha value is -1.15. The maximum atomic E-state index is 5.51. The Kier molecular flexibility index (Phi) is 10.3. The summed E-state index contributed by atoms with van der Waals surface area (Å²) < 4.78 is 10.9. The van der Waals surface area contributed by atoms with Crippen molar-refractivity contribution >= 4 is 15.5 Å². The van der Waals surface area contributed by atoms with E-state index in [4.69, 9.17) is 9.31 Å². The molecule has 0 rings (SSSR count). The summed E-state index contributed by atoms with van der Waals surface area (Å²) in [6.07, 6.45) is 12.1.